The molecule has 0 heterocycles. The molecule has 0 atom stereocenters. The molecule has 0 bridgehead atoms. The molecule has 1 aromatic carbocycles. The molecule has 1 amide bonds. The Morgan fingerprint density at radius 3 is 2.75 bits per heavy atom. The first-order valence-corrected chi connectivity index (χ1v) is 6.23. The lowest BCUT2D eigenvalue weighted by Crippen LogP contribution is -2.28. The van der Waals surface area contributed by atoms with Crippen LogP contribution in [0.5, 0.6) is 0 Å². The highest BCUT2D eigenvalue weighted by Crippen LogP contribution is 2.22. The Morgan fingerprint density at radius 1 is 1.45 bits per heavy atom. The zero-order chi connectivity index (χ0) is 15.1. The average molecular weight is 347 g/mol. The molecule has 0 aliphatic heterocycles. The highest BCUT2D eigenvalue weighted by Gasteiger charge is 2.15. The number of nitro groups is 1. The summed E-state index contributed by atoms with van der Waals surface area (Å²) in [5.41, 5.74) is -0.0714. The number of carbonyl (C=O) groups excluding carboxylic acids is 1. The second-order valence-electron chi connectivity index (χ2n) is 3.62. The number of carbonyl (C=O) groups is 2. The minimum Gasteiger partial charge on any atom is -0.480 e. The highest BCUT2D eigenvalue weighted by molar-refractivity contribution is 9.10. The first kappa shape index (κ1) is 16.1. The third-order valence-corrected chi connectivity index (χ3v) is 2.85. The van der Waals surface area contributed by atoms with Crippen molar-refractivity contribution in [3.63, 3.8) is 0 Å². The van der Waals surface area contributed by atoms with Crippen molar-refractivity contribution in [3.8, 4) is 0 Å². The zero-order valence-electron chi connectivity index (χ0n) is 10.2. The number of carboxylic acid groups (broad SMARTS) is 1. The topological polar surface area (TPSA) is 119 Å². The third kappa shape index (κ3) is 4.94. The van der Waals surface area contributed by atoms with Gasteiger partial charge in [-0.25, -0.2) is 4.79 Å². The Hall–Kier alpha value is -2.00. The summed E-state index contributed by atoms with van der Waals surface area (Å²) in [5.74, 6) is -1.61. The molecule has 0 saturated heterocycles. The Balaban J connectivity index is 2.57. The van der Waals surface area contributed by atoms with Crippen molar-refractivity contribution in [1.82, 2.24) is 5.32 Å². The van der Waals surface area contributed by atoms with E-state index in [1.54, 1.807) is 0 Å². The van der Waals surface area contributed by atoms with Gasteiger partial charge in [-0.2, -0.15) is 0 Å². The molecule has 0 fully saturated rings. The summed E-state index contributed by atoms with van der Waals surface area (Å²) in [5, 5.41) is 21.4. The van der Waals surface area contributed by atoms with E-state index in [4.69, 9.17) is 9.84 Å². The maximum Gasteiger partial charge on any atom is 0.329 e. The van der Waals surface area contributed by atoms with Gasteiger partial charge in [0.2, 0.25) is 0 Å². The van der Waals surface area contributed by atoms with Crippen LogP contribution in [0.1, 0.15) is 10.4 Å². The Morgan fingerprint density at radius 2 is 2.15 bits per heavy atom. The molecule has 0 aliphatic carbocycles. The number of nitrogens with zero attached hydrogens (tertiary/aromatic N) is 1. The van der Waals surface area contributed by atoms with Gasteiger partial charge in [-0.1, -0.05) is 0 Å². The van der Waals surface area contributed by atoms with Gasteiger partial charge in [0.25, 0.3) is 11.6 Å². The molecule has 0 radical (unpaired) electrons. The predicted molar refractivity (Wildman–Crippen MR) is 71.6 cm³/mol. The molecular formula is C11H11BrN2O6. The van der Waals surface area contributed by atoms with Gasteiger partial charge in [-0.3, -0.25) is 14.9 Å². The van der Waals surface area contributed by atoms with Crippen molar-refractivity contribution in [3.05, 3.63) is 38.3 Å². The van der Waals surface area contributed by atoms with Crippen molar-refractivity contribution in [2.24, 2.45) is 0 Å². The van der Waals surface area contributed by atoms with Crippen LogP contribution in [0.25, 0.3) is 0 Å². The van der Waals surface area contributed by atoms with Crippen LogP contribution < -0.4 is 5.32 Å². The van der Waals surface area contributed by atoms with Crippen LogP contribution in [-0.4, -0.2) is 41.7 Å². The van der Waals surface area contributed by atoms with Crippen LogP contribution in [0.3, 0.4) is 0 Å². The minimum absolute atomic E-state index is 0.0323. The lowest BCUT2D eigenvalue weighted by atomic mass is 10.2. The summed E-state index contributed by atoms with van der Waals surface area (Å²) in [7, 11) is 0. The second-order valence-corrected chi connectivity index (χ2v) is 4.48. The number of nitro benzene ring substituents is 1. The van der Waals surface area contributed by atoms with Crippen LogP contribution in [0.4, 0.5) is 5.69 Å². The number of ether oxygens (including phenoxy) is 1. The van der Waals surface area contributed by atoms with Gasteiger partial charge in [0.05, 0.1) is 17.1 Å². The summed E-state index contributed by atoms with van der Waals surface area (Å²) in [6.45, 7) is -0.317. The normalized spacial score (nSPS) is 10.1. The summed E-state index contributed by atoms with van der Waals surface area (Å²) >= 11 is 3.13. The second kappa shape index (κ2) is 7.56. The molecule has 0 unspecified atom stereocenters. The van der Waals surface area contributed by atoms with E-state index >= 15 is 0 Å². The quantitative estimate of drug-likeness (QED) is 0.434. The number of carboxylic acids is 1. The first-order valence-electron chi connectivity index (χ1n) is 5.43. The van der Waals surface area contributed by atoms with Crippen molar-refractivity contribution in [2.75, 3.05) is 19.8 Å². The fourth-order valence-corrected chi connectivity index (χ4v) is 1.72. The number of rotatable bonds is 7. The number of amides is 1. The molecule has 0 aromatic heterocycles. The van der Waals surface area contributed by atoms with Gasteiger partial charge in [-0.05, 0) is 22.0 Å². The van der Waals surface area contributed by atoms with Crippen LogP contribution in [0.2, 0.25) is 0 Å². The Labute approximate surface area is 122 Å². The number of hydrogen-bond donors (Lipinski definition) is 2. The van der Waals surface area contributed by atoms with Gasteiger partial charge in [-0.15, -0.1) is 0 Å². The molecule has 20 heavy (non-hydrogen) atoms. The lowest BCUT2D eigenvalue weighted by Gasteiger charge is -2.06. The van der Waals surface area contributed by atoms with Crippen molar-refractivity contribution in [2.45, 2.75) is 0 Å². The van der Waals surface area contributed by atoms with Crippen molar-refractivity contribution >= 4 is 33.5 Å². The summed E-state index contributed by atoms with van der Waals surface area (Å²) in [6.07, 6.45) is 0. The van der Waals surface area contributed by atoms with E-state index in [0.29, 0.717) is 4.47 Å². The fraction of sp³-hybridized carbons (Fsp3) is 0.273. The average Bonchev–Trinajstić information content (AvgIpc) is 2.37. The summed E-state index contributed by atoms with van der Waals surface area (Å²) < 4.78 is 5.16. The number of aliphatic carboxylic acids is 1. The standard InChI is InChI=1S/C11H11BrN2O6/c12-9-2-1-7(14(18)19)5-8(9)11(17)13-3-4-20-6-10(15)16/h1-2,5H,3-4,6H2,(H,13,17)(H,15,16). The smallest absolute Gasteiger partial charge is 0.329 e. The Kier molecular flexibility index (Phi) is 6.07. The number of halogens is 1. The first-order chi connectivity index (χ1) is 9.41. The zero-order valence-corrected chi connectivity index (χ0v) is 11.8. The maximum atomic E-state index is 11.8. The molecule has 0 spiro atoms. The van der Waals surface area contributed by atoms with E-state index in [0.717, 1.165) is 6.07 Å². The number of non-ortho nitro benzene ring substituents is 1. The molecule has 1 aromatic rings. The van der Waals surface area contributed by atoms with Crippen LogP contribution in [-0.2, 0) is 9.53 Å². The number of benzene rings is 1. The molecule has 1 rings (SSSR count). The van der Waals surface area contributed by atoms with E-state index in [-0.39, 0.29) is 24.4 Å². The highest BCUT2D eigenvalue weighted by atomic mass is 79.9. The monoisotopic (exact) mass is 346 g/mol. The van der Waals surface area contributed by atoms with E-state index < -0.39 is 23.4 Å². The van der Waals surface area contributed by atoms with Gasteiger partial charge >= 0.3 is 5.97 Å². The van der Waals surface area contributed by atoms with Crippen LogP contribution in [0, 0.1) is 10.1 Å². The van der Waals surface area contributed by atoms with E-state index in [1.165, 1.54) is 12.1 Å². The predicted octanol–water partition coefficient (Wildman–Crippen LogP) is 1.19. The number of hydrogen-bond acceptors (Lipinski definition) is 5. The molecule has 9 heteroatoms. The van der Waals surface area contributed by atoms with E-state index in [9.17, 15) is 19.7 Å². The van der Waals surface area contributed by atoms with Crippen molar-refractivity contribution in [1.29, 1.82) is 0 Å². The Bertz CT molecular complexity index is 534. The van der Waals surface area contributed by atoms with Crippen molar-refractivity contribution < 1.29 is 24.4 Å². The minimum atomic E-state index is -1.10. The van der Waals surface area contributed by atoms with E-state index in [2.05, 4.69) is 21.2 Å². The largest absolute Gasteiger partial charge is 0.480 e. The van der Waals surface area contributed by atoms with Gasteiger partial charge in [0.15, 0.2) is 0 Å². The van der Waals surface area contributed by atoms with Gasteiger partial charge in [0.1, 0.15) is 6.61 Å². The summed E-state index contributed by atoms with van der Waals surface area (Å²) in [4.78, 5) is 32.0. The molecule has 0 aliphatic rings. The molecule has 108 valence electrons. The number of nitrogens with one attached hydrogen (secondary N) is 1. The maximum absolute atomic E-state index is 11.8. The van der Waals surface area contributed by atoms with Crippen LogP contribution >= 0.6 is 15.9 Å². The van der Waals surface area contributed by atoms with Gasteiger partial charge in [0, 0.05) is 23.2 Å². The lowest BCUT2D eigenvalue weighted by molar-refractivity contribution is -0.384. The van der Waals surface area contributed by atoms with Crippen LogP contribution in [0.15, 0.2) is 22.7 Å². The molecule has 8 nitrogen and oxygen atoms in total. The molecule has 0 saturated carbocycles. The summed E-state index contributed by atoms with van der Waals surface area (Å²) in [6, 6.07) is 3.84. The molecular weight excluding hydrogens is 336 g/mol. The SMILES string of the molecule is O=C(O)COCCNC(=O)c1cc([N+](=O)[O-])ccc1Br. The van der Waals surface area contributed by atoms with E-state index in [1.807, 2.05) is 0 Å². The fourth-order valence-electron chi connectivity index (χ4n) is 1.29. The molecule has 2 N–H and O–H groups in total. The van der Waals surface area contributed by atoms with Gasteiger partial charge < -0.3 is 15.2 Å². The third-order valence-electron chi connectivity index (χ3n) is 2.16.